The van der Waals surface area contributed by atoms with Gasteiger partial charge in [-0.25, -0.2) is 0 Å². The Hall–Kier alpha value is -2.62. The van der Waals surface area contributed by atoms with E-state index in [9.17, 15) is 9.59 Å². The molecule has 0 unspecified atom stereocenters. The number of hydrogen-bond donors (Lipinski definition) is 1. The summed E-state index contributed by atoms with van der Waals surface area (Å²) in [6, 6.07) is 12.0. The highest BCUT2D eigenvalue weighted by Gasteiger charge is 2.19. The van der Waals surface area contributed by atoms with E-state index in [1.165, 1.54) is 24.0 Å². The van der Waals surface area contributed by atoms with Gasteiger partial charge >= 0.3 is 5.97 Å². The first-order chi connectivity index (χ1) is 12.9. The average molecular weight is 365 g/mol. The number of carbonyl (C=O) groups is 2. The molecule has 0 aliphatic heterocycles. The Morgan fingerprint density at radius 2 is 1.78 bits per heavy atom. The predicted molar refractivity (Wildman–Crippen MR) is 107 cm³/mol. The van der Waals surface area contributed by atoms with Crippen molar-refractivity contribution in [3.63, 3.8) is 0 Å². The summed E-state index contributed by atoms with van der Waals surface area (Å²) in [6.07, 6.45) is 3.99. The van der Waals surface area contributed by atoms with Crippen LogP contribution in [0.2, 0.25) is 0 Å². The first kappa shape index (κ1) is 19.2. The number of nitrogens with one attached hydrogen (secondary N) is 1. The number of amides is 1. The first-order valence-electron chi connectivity index (χ1n) is 9.60. The van der Waals surface area contributed by atoms with Crippen LogP contribution >= 0.6 is 0 Å². The summed E-state index contributed by atoms with van der Waals surface area (Å²) < 4.78 is 5.34. The number of esters is 1. The van der Waals surface area contributed by atoms with Crippen molar-refractivity contribution in [3.05, 3.63) is 64.2 Å². The van der Waals surface area contributed by atoms with Crippen molar-refractivity contribution in [2.75, 3.05) is 5.32 Å². The van der Waals surface area contributed by atoms with E-state index in [1.807, 2.05) is 38.1 Å². The maximum Gasteiger partial charge on any atom is 0.311 e. The number of anilines is 1. The van der Waals surface area contributed by atoms with Crippen LogP contribution in [0, 0.1) is 13.8 Å². The van der Waals surface area contributed by atoms with Crippen molar-refractivity contribution in [1.29, 1.82) is 0 Å². The number of ether oxygens (including phenoxy) is 1. The van der Waals surface area contributed by atoms with Gasteiger partial charge in [0, 0.05) is 5.69 Å². The van der Waals surface area contributed by atoms with Gasteiger partial charge in [-0.2, -0.15) is 0 Å². The summed E-state index contributed by atoms with van der Waals surface area (Å²) in [4.78, 5) is 24.6. The lowest BCUT2D eigenvalue weighted by molar-refractivity contribution is -0.152. The summed E-state index contributed by atoms with van der Waals surface area (Å²) in [5, 5.41) is 2.83. The smallest absolute Gasteiger partial charge is 0.311 e. The Morgan fingerprint density at radius 3 is 2.52 bits per heavy atom. The first-order valence-corrected chi connectivity index (χ1v) is 9.60. The Bertz CT molecular complexity index is 857. The van der Waals surface area contributed by atoms with Crippen LogP contribution in [0.4, 0.5) is 5.69 Å². The molecular formula is C23H27NO3. The normalized spacial score (nSPS) is 14.2. The molecule has 0 heterocycles. The van der Waals surface area contributed by atoms with E-state index in [2.05, 4.69) is 17.4 Å². The van der Waals surface area contributed by atoms with Gasteiger partial charge in [-0.3, -0.25) is 9.59 Å². The molecule has 142 valence electrons. The minimum absolute atomic E-state index is 0.189. The second-order valence-corrected chi connectivity index (χ2v) is 7.43. The Kier molecular flexibility index (Phi) is 5.94. The molecule has 4 nitrogen and oxygen atoms in total. The zero-order valence-electron chi connectivity index (χ0n) is 16.3. The monoisotopic (exact) mass is 365 g/mol. The highest BCUT2D eigenvalue weighted by molar-refractivity contribution is 5.95. The fraction of sp³-hybridized carbons (Fsp3) is 0.391. The molecule has 0 saturated heterocycles. The highest BCUT2D eigenvalue weighted by Crippen LogP contribution is 2.22. The molecule has 0 spiro atoms. The fourth-order valence-electron chi connectivity index (χ4n) is 3.54. The van der Waals surface area contributed by atoms with Crippen LogP contribution < -0.4 is 5.32 Å². The molecule has 0 saturated carbocycles. The van der Waals surface area contributed by atoms with Crippen molar-refractivity contribution in [3.8, 4) is 0 Å². The second-order valence-electron chi connectivity index (χ2n) is 7.43. The molecule has 2 aromatic carbocycles. The molecule has 2 aromatic rings. The highest BCUT2D eigenvalue weighted by atomic mass is 16.5. The van der Waals surface area contributed by atoms with E-state index in [-0.39, 0.29) is 18.3 Å². The second kappa shape index (κ2) is 8.38. The van der Waals surface area contributed by atoms with E-state index in [0.29, 0.717) is 0 Å². The number of carbonyl (C=O) groups excluding carboxylic acids is 2. The van der Waals surface area contributed by atoms with Gasteiger partial charge < -0.3 is 10.1 Å². The summed E-state index contributed by atoms with van der Waals surface area (Å²) in [5.74, 6) is -0.699. The minimum atomic E-state index is -0.837. The number of aryl methyl sites for hydroxylation is 4. The quantitative estimate of drug-likeness (QED) is 0.804. The lowest BCUT2D eigenvalue weighted by Crippen LogP contribution is -2.30. The van der Waals surface area contributed by atoms with E-state index >= 15 is 0 Å². The largest absolute Gasteiger partial charge is 0.452 e. The third kappa shape index (κ3) is 4.97. The zero-order valence-corrected chi connectivity index (χ0v) is 16.3. The molecule has 1 amide bonds. The summed E-state index contributed by atoms with van der Waals surface area (Å²) in [6.45, 7) is 5.54. The summed E-state index contributed by atoms with van der Waals surface area (Å²) in [5.41, 5.74) is 6.53. The SMILES string of the molecule is Cc1ccc(NC(=O)[C@H](C)OC(=O)Cc2ccc3c(c2)CCCC3)c(C)c1. The molecule has 1 N–H and O–H groups in total. The number of benzene rings is 2. The van der Waals surface area contributed by atoms with Crippen molar-refractivity contribution >= 4 is 17.6 Å². The zero-order chi connectivity index (χ0) is 19.4. The van der Waals surface area contributed by atoms with Gasteiger partial charge in [-0.05, 0) is 74.8 Å². The van der Waals surface area contributed by atoms with Gasteiger partial charge in [-0.15, -0.1) is 0 Å². The Morgan fingerprint density at radius 1 is 1.04 bits per heavy atom. The van der Waals surface area contributed by atoms with Gasteiger partial charge in [0.2, 0.25) is 0 Å². The maximum atomic E-state index is 12.3. The van der Waals surface area contributed by atoms with Crippen LogP contribution in [0.3, 0.4) is 0 Å². The van der Waals surface area contributed by atoms with Gasteiger partial charge in [0.15, 0.2) is 6.10 Å². The van der Waals surface area contributed by atoms with E-state index < -0.39 is 6.10 Å². The lowest BCUT2D eigenvalue weighted by atomic mass is 9.90. The van der Waals surface area contributed by atoms with Gasteiger partial charge in [-0.1, -0.05) is 35.9 Å². The van der Waals surface area contributed by atoms with E-state index in [1.54, 1.807) is 6.92 Å². The van der Waals surface area contributed by atoms with Crippen molar-refractivity contribution in [2.45, 2.75) is 59.0 Å². The molecule has 0 fully saturated rings. The predicted octanol–water partition coefficient (Wildman–Crippen LogP) is 4.30. The van der Waals surface area contributed by atoms with Crippen LogP contribution in [0.5, 0.6) is 0 Å². The fourth-order valence-corrected chi connectivity index (χ4v) is 3.54. The molecule has 1 aliphatic rings. The van der Waals surface area contributed by atoms with Crippen molar-refractivity contribution in [1.82, 2.24) is 0 Å². The Balaban J connectivity index is 1.56. The Labute approximate surface area is 160 Å². The number of fused-ring (bicyclic) bond motifs is 1. The summed E-state index contributed by atoms with van der Waals surface area (Å²) in [7, 11) is 0. The molecular weight excluding hydrogens is 338 g/mol. The average Bonchev–Trinajstić information content (AvgIpc) is 2.63. The number of hydrogen-bond acceptors (Lipinski definition) is 3. The topological polar surface area (TPSA) is 55.4 Å². The molecule has 27 heavy (non-hydrogen) atoms. The third-order valence-corrected chi connectivity index (χ3v) is 5.08. The van der Waals surface area contributed by atoms with Crippen LogP contribution in [-0.4, -0.2) is 18.0 Å². The van der Waals surface area contributed by atoms with Crippen LogP contribution in [0.15, 0.2) is 36.4 Å². The third-order valence-electron chi connectivity index (χ3n) is 5.08. The van der Waals surface area contributed by atoms with Crippen molar-refractivity contribution < 1.29 is 14.3 Å². The molecule has 0 radical (unpaired) electrons. The van der Waals surface area contributed by atoms with Gasteiger partial charge in [0.1, 0.15) is 0 Å². The van der Waals surface area contributed by atoms with Crippen LogP contribution in [0.25, 0.3) is 0 Å². The molecule has 4 heteroatoms. The maximum absolute atomic E-state index is 12.3. The minimum Gasteiger partial charge on any atom is -0.452 e. The van der Waals surface area contributed by atoms with Gasteiger partial charge in [0.25, 0.3) is 5.91 Å². The van der Waals surface area contributed by atoms with E-state index in [4.69, 9.17) is 4.74 Å². The molecule has 1 atom stereocenters. The van der Waals surface area contributed by atoms with E-state index in [0.717, 1.165) is 35.2 Å². The molecule has 0 aromatic heterocycles. The van der Waals surface area contributed by atoms with Gasteiger partial charge in [0.05, 0.1) is 6.42 Å². The van der Waals surface area contributed by atoms with Crippen LogP contribution in [0.1, 0.15) is 47.6 Å². The molecule has 0 bridgehead atoms. The number of rotatable bonds is 5. The lowest BCUT2D eigenvalue weighted by Gasteiger charge is -2.17. The summed E-state index contributed by atoms with van der Waals surface area (Å²) >= 11 is 0. The van der Waals surface area contributed by atoms with Crippen LogP contribution in [-0.2, 0) is 33.6 Å². The van der Waals surface area contributed by atoms with Crippen molar-refractivity contribution in [2.24, 2.45) is 0 Å². The molecule has 1 aliphatic carbocycles. The molecule has 3 rings (SSSR count). The standard InChI is InChI=1S/C23H27NO3/c1-15-8-11-21(16(2)12-15)24-23(26)17(3)27-22(25)14-18-9-10-19-6-4-5-7-20(19)13-18/h8-13,17H,4-7,14H2,1-3H3,(H,24,26)/t17-/m0/s1.